The van der Waals surface area contributed by atoms with Crippen LogP contribution in [0.4, 0.5) is 0 Å². The Bertz CT molecular complexity index is 727. The number of ether oxygens (including phenoxy) is 1. The van der Waals surface area contributed by atoms with Crippen molar-refractivity contribution in [3.05, 3.63) is 22.5 Å². The second-order valence-electron chi connectivity index (χ2n) is 7.30. The van der Waals surface area contributed by atoms with Crippen molar-refractivity contribution in [2.75, 3.05) is 26.4 Å². The van der Waals surface area contributed by atoms with Gasteiger partial charge in [0.2, 0.25) is 0 Å². The molecule has 0 spiro atoms. The molecule has 0 aromatic carbocycles. The Balaban J connectivity index is 1.64. The second kappa shape index (κ2) is 7.66. The van der Waals surface area contributed by atoms with E-state index in [1.807, 2.05) is 18.3 Å². The molecule has 6 heteroatoms. The van der Waals surface area contributed by atoms with Gasteiger partial charge >= 0.3 is 0 Å². The summed E-state index contributed by atoms with van der Waals surface area (Å²) in [6, 6.07) is 2.41. The first-order valence-corrected chi connectivity index (χ1v) is 10.3. The standard InChI is InChI=1S/C19H27N3O2S/c1-13-20-17(10-22-7-8-24-12-15(22)11-23)16-9-18(25-19(16)21-13)14-5-3-2-4-6-14/h9,14-15,23H,2-8,10-12H2,1H3/t15-/m1/s1. The van der Waals surface area contributed by atoms with Gasteiger partial charge in [0.05, 0.1) is 31.6 Å². The summed E-state index contributed by atoms with van der Waals surface area (Å²) in [7, 11) is 0. The Kier molecular flexibility index (Phi) is 5.31. The summed E-state index contributed by atoms with van der Waals surface area (Å²) in [5, 5.41) is 10.8. The van der Waals surface area contributed by atoms with E-state index in [2.05, 4.69) is 11.0 Å². The molecular weight excluding hydrogens is 334 g/mol. The molecule has 1 saturated carbocycles. The molecule has 4 rings (SSSR count). The molecular formula is C19H27N3O2S. The van der Waals surface area contributed by atoms with Crippen molar-refractivity contribution in [3.8, 4) is 0 Å². The third kappa shape index (κ3) is 3.72. The van der Waals surface area contributed by atoms with Gasteiger partial charge in [0, 0.05) is 23.4 Å². The van der Waals surface area contributed by atoms with Crippen LogP contribution in [-0.2, 0) is 11.3 Å². The first-order chi connectivity index (χ1) is 12.2. The van der Waals surface area contributed by atoms with Crippen LogP contribution in [0.1, 0.15) is 54.4 Å². The highest BCUT2D eigenvalue weighted by molar-refractivity contribution is 7.18. The minimum atomic E-state index is 0.0653. The number of aliphatic hydroxyl groups is 1. The van der Waals surface area contributed by atoms with E-state index in [0.717, 1.165) is 36.0 Å². The summed E-state index contributed by atoms with van der Waals surface area (Å²) in [6.45, 7) is 5.03. The summed E-state index contributed by atoms with van der Waals surface area (Å²) in [5.41, 5.74) is 1.10. The molecule has 5 nitrogen and oxygen atoms in total. The summed E-state index contributed by atoms with van der Waals surface area (Å²) in [6.07, 6.45) is 6.70. The lowest BCUT2D eigenvalue weighted by molar-refractivity contribution is -0.0315. The van der Waals surface area contributed by atoms with Crippen molar-refractivity contribution < 1.29 is 9.84 Å². The molecule has 1 saturated heterocycles. The highest BCUT2D eigenvalue weighted by Gasteiger charge is 2.25. The highest BCUT2D eigenvalue weighted by Crippen LogP contribution is 2.39. The number of thiophene rings is 1. The van der Waals surface area contributed by atoms with Crippen LogP contribution in [0.5, 0.6) is 0 Å². The third-order valence-electron chi connectivity index (χ3n) is 5.52. The Labute approximate surface area is 153 Å². The quantitative estimate of drug-likeness (QED) is 0.906. The fourth-order valence-electron chi connectivity index (χ4n) is 4.08. The zero-order chi connectivity index (χ0) is 17.2. The van der Waals surface area contributed by atoms with Gasteiger partial charge in [-0.3, -0.25) is 4.90 Å². The van der Waals surface area contributed by atoms with E-state index in [1.165, 1.54) is 42.4 Å². The maximum Gasteiger partial charge on any atom is 0.127 e. The lowest BCUT2D eigenvalue weighted by Gasteiger charge is -2.34. The summed E-state index contributed by atoms with van der Waals surface area (Å²) in [5.74, 6) is 1.54. The van der Waals surface area contributed by atoms with E-state index in [-0.39, 0.29) is 12.6 Å². The molecule has 1 aliphatic carbocycles. The zero-order valence-corrected chi connectivity index (χ0v) is 15.7. The number of fused-ring (bicyclic) bond motifs is 1. The lowest BCUT2D eigenvalue weighted by Crippen LogP contribution is -2.47. The largest absolute Gasteiger partial charge is 0.395 e. The number of hydrogen-bond donors (Lipinski definition) is 1. The molecule has 2 aromatic rings. The van der Waals surface area contributed by atoms with Gasteiger partial charge < -0.3 is 9.84 Å². The van der Waals surface area contributed by atoms with Gasteiger partial charge in [0.15, 0.2) is 0 Å². The number of nitrogens with zero attached hydrogens (tertiary/aromatic N) is 3. The molecule has 0 bridgehead atoms. The van der Waals surface area contributed by atoms with Crippen LogP contribution in [0, 0.1) is 6.92 Å². The predicted octanol–water partition coefficient (Wildman–Crippen LogP) is 3.24. The van der Waals surface area contributed by atoms with Gasteiger partial charge in [0.1, 0.15) is 10.7 Å². The molecule has 1 atom stereocenters. The molecule has 1 aliphatic heterocycles. The van der Waals surface area contributed by atoms with Crippen molar-refractivity contribution in [3.63, 3.8) is 0 Å². The lowest BCUT2D eigenvalue weighted by atomic mass is 9.88. The van der Waals surface area contributed by atoms with Crippen molar-refractivity contribution in [2.24, 2.45) is 0 Å². The Morgan fingerprint density at radius 3 is 2.92 bits per heavy atom. The van der Waals surface area contributed by atoms with Crippen molar-refractivity contribution in [2.45, 2.75) is 57.5 Å². The van der Waals surface area contributed by atoms with Crippen molar-refractivity contribution in [1.29, 1.82) is 0 Å². The molecule has 2 aliphatic rings. The van der Waals surface area contributed by atoms with E-state index < -0.39 is 0 Å². The van der Waals surface area contributed by atoms with Gasteiger partial charge in [-0.25, -0.2) is 9.97 Å². The average Bonchev–Trinajstić information content (AvgIpc) is 3.07. The number of rotatable bonds is 4. The van der Waals surface area contributed by atoms with Crippen LogP contribution < -0.4 is 0 Å². The molecule has 3 heterocycles. The normalized spacial score (nSPS) is 23.4. The van der Waals surface area contributed by atoms with Crippen LogP contribution in [-0.4, -0.2) is 52.4 Å². The smallest absolute Gasteiger partial charge is 0.127 e. The van der Waals surface area contributed by atoms with E-state index in [0.29, 0.717) is 12.5 Å². The van der Waals surface area contributed by atoms with E-state index >= 15 is 0 Å². The number of morpholine rings is 1. The minimum absolute atomic E-state index is 0.0653. The second-order valence-corrected chi connectivity index (χ2v) is 8.36. The fraction of sp³-hybridized carbons (Fsp3) is 0.684. The number of aliphatic hydroxyl groups excluding tert-OH is 1. The van der Waals surface area contributed by atoms with Crippen LogP contribution in [0.25, 0.3) is 10.2 Å². The summed E-state index contributed by atoms with van der Waals surface area (Å²) in [4.78, 5) is 14.4. The minimum Gasteiger partial charge on any atom is -0.395 e. The van der Waals surface area contributed by atoms with Gasteiger partial charge in [-0.15, -0.1) is 11.3 Å². The van der Waals surface area contributed by atoms with E-state index in [1.54, 1.807) is 0 Å². The molecule has 0 radical (unpaired) electrons. The summed E-state index contributed by atoms with van der Waals surface area (Å²) < 4.78 is 5.50. The maximum atomic E-state index is 9.63. The molecule has 2 aromatic heterocycles. The zero-order valence-electron chi connectivity index (χ0n) is 14.9. The summed E-state index contributed by atoms with van der Waals surface area (Å²) >= 11 is 1.86. The average molecular weight is 362 g/mol. The predicted molar refractivity (Wildman–Crippen MR) is 100 cm³/mol. The van der Waals surface area contributed by atoms with Gasteiger partial charge in [-0.2, -0.15) is 0 Å². The molecule has 2 fully saturated rings. The van der Waals surface area contributed by atoms with Crippen molar-refractivity contribution >= 4 is 21.6 Å². The van der Waals surface area contributed by atoms with Gasteiger partial charge in [0.25, 0.3) is 0 Å². The molecule has 136 valence electrons. The number of aryl methyl sites for hydroxylation is 1. The Morgan fingerprint density at radius 1 is 1.28 bits per heavy atom. The maximum absolute atomic E-state index is 9.63. The van der Waals surface area contributed by atoms with Crippen LogP contribution in [0.3, 0.4) is 0 Å². The van der Waals surface area contributed by atoms with Crippen LogP contribution in [0.2, 0.25) is 0 Å². The molecule has 0 amide bonds. The topological polar surface area (TPSA) is 58.5 Å². The van der Waals surface area contributed by atoms with Crippen molar-refractivity contribution in [1.82, 2.24) is 14.9 Å². The Hall–Kier alpha value is -1.08. The fourth-order valence-corrected chi connectivity index (χ4v) is 5.35. The highest BCUT2D eigenvalue weighted by atomic mass is 32.1. The monoisotopic (exact) mass is 361 g/mol. The number of hydrogen-bond acceptors (Lipinski definition) is 6. The van der Waals surface area contributed by atoms with Crippen LogP contribution in [0.15, 0.2) is 6.07 Å². The van der Waals surface area contributed by atoms with Crippen LogP contribution >= 0.6 is 11.3 Å². The van der Waals surface area contributed by atoms with Gasteiger partial charge in [-0.1, -0.05) is 19.3 Å². The first kappa shape index (κ1) is 17.3. The van der Waals surface area contributed by atoms with E-state index in [4.69, 9.17) is 14.7 Å². The molecule has 25 heavy (non-hydrogen) atoms. The first-order valence-electron chi connectivity index (χ1n) is 9.44. The SMILES string of the molecule is Cc1nc(CN2CCOC[C@H]2CO)c2cc(C3CCCCC3)sc2n1. The number of aromatic nitrogens is 2. The third-order valence-corrected chi connectivity index (χ3v) is 6.71. The van der Waals surface area contributed by atoms with E-state index in [9.17, 15) is 5.11 Å². The molecule has 0 unspecified atom stereocenters. The Morgan fingerprint density at radius 2 is 2.12 bits per heavy atom. The molecule has 1 N–H and O–H groups in total. The van der Waals surface area contributed by atoms with Gasteiger partial charge in [-0.05, 0) is 31.7 Å².